The number of benzene rings is 1. The molecule has 0 saturated carbocycles. The predicted molar refractivity (Wildman–Crippen MR) is 80.7 cm³/mol. The summed E-state index contributed by atoms with van der Waals surface area (Å²) >= 11 is 0. The first-order valence-electron chi connectivity index (χ1n) is 7.39. The molecule has 3 nitrogen and oxygen atoms in total. The average molecular weight is 262 g/mol. The fourth-order valence-electron chi connectivity index (χ4n) is 2.62. The number of nitrogens with zero attached hydrogens (tertiary/aromatic N) is 1. The van der Waals surface area contributed by atoms with E-state index in [1.54, 1.807) is 0 Å². The van der Waals surface area contributed by atoms with E-state index in [4.69, 9.17) is 4.74 Å². The van der Waals surface area contributed by atoms with Crippen molar-refractivity contribution in [2.24, 2.45) is 0 Å². The predicted octanol–water partition coefficient (Wildman–Crippen LogP) is 2.80. The van der Waals surface area contributed by atoms with E-state index >= 15 is 0 Å². The average Bonchev–Trinajstić information content (AvgIpc) is 2.39. The van der Waals surface area contributed by atoms with Gasteiger partial charge in [-0.25, -0.2) is 0 Å². The minimum Gasteiger partial charge on any atom is -0.372 e. The van der Waals surface area contributed by atoms with Crippen LogP contribution in [0.4, 0.5) is 5.69 Å². The van der Waals surface area contributed by atoms with Gasteiger partial charge < -0.3 is 15.0 Å². The number of morpholine rings is 1. The van der Waals surface area contributed by atoms with E-state index in [-0.39, 0.29) is 0 Å². The van der Waals surface area contributed by atoms with E-state index in [1.807, 2.05) is 0 Å². The van der Waals surface area contributed by atoms with E-state index in [1.165, 1.54) is 17.7 Å². The zero-order valence-electron chi connectivity index (χ0n) is 12.4. The Labute approximate surface area is 116 Å². The maximum absolute atomic E-state index is 5.78. The molecule has 0 aliphatic carbocycles. The van der Waals surface area contributed by atoms with Gasteiger partial charge in [0.25, 0.3) is 0 Å². The molecule has 0 amide bonds. The summed E-state index contributed by atoms with van der Waals surface area (Å²) in [7, 11) is 0. The summed E-state index contributed by atoms with van der Waals surface area (Å²) in [6.07, 6.45) is 1.81. The van der Waals surface area contributed by atoms with Gasteiger partial charge in [-0.2, -0.15) is 0 Å². The summed E-state index contributed by atoms with van der Waals surface area (Å²) in [5, 5.41) is 3.43. The van der Waals surface area contributed by atoms with Gasteiger partial charge in [-0.3, -0.25) is 0 Å². The van der Waals surface area contributed by atoms with E-state index in [2.05, 4.69) is 55.3 Å². The van der Waals surface area contributed by atoms with Gasteiger partial charge in [0.15, 0.2) is 0 Å². The molecule has 106 valence electrons. The molecule has 1 fully saturated rings. The van der Waals surface area contributed by atoms with Crippen LogP contribution in [0.5, 0.6) is 0 Å². The molecule has 19 heavy (non-hydrogen) atoms. The number of nitrogens with one attached hydrogen (secondary N) is 1. The number of hydrogen-bond acceptors (Lipinski definition) is 3. The van der Waals surface area contributed by atoms with E-state index in [0.717, 1.165) is 26.2 Å². The van der Waals surface area contributed by atoms with E-state index in [9.17, 15) is 0 Å². The second-order valence-electron chi connectivity index (χ2n) is 5.51. The van der Waals surface area contributed by atoms with Crippen molar-refractivity contribution >= 4 is 5.69 Å². The maximum Gasteiger partial charge on any atom is 0.0726 e. The fourth-order valence-corrected chi connectivity index (χ4v) is 2.62. The molecule has 0 aromatic heterocycles. The summed E-state index contributed by atoms with van der Waals surface area (Å²) in [5.41, 5.74) is 2.66. The first kappa shape index (κ1) is 14.4. The van der Waals surface area contributed by atoms with Crippen LogP contribution in [0.2, 0.25) is 0 Å². The van der Waals surface area contributed by atoms with Crippen LogP contribution >= 0.6 is 0 Å². The Morgan fingerprint density at radius 3 is 2.37 bits per heavy atom. The standard InChI is InChI=1S/C16H26N2O/c1-4-9-17-10-15-5-7-16(8-6-15)18-11-13(2)19-14(3)12-18/h5-8,13-14,17H,4,9-12H2,1-3H3/t13-,14+. The smallest absolute Gasteiger partial charge is 0.0726 e. The molecule has 0 bridgehead atoms. The van der Waals surface area contributed by atoms with Crippen molar-refractivity contribution < 1.29 is 4.74 Å². The lowest BCUT2D eigenvalue weighted by molar-refractivity contribution is -0.00521. The second-order valence-corrected chi connectivity index (χ2v) is 5.51. The zero-order valence-corrected chi connectivity index (χ0v) is 12.4. The Kier molecular flexibility index (Phi) is 5.23. The number of anilines is 1. The molecule has 3 heteroatoms. The number of rotatable bonds is 5. The Balaban J connectivity index is 1.93. The highest BCUT2D eigenvalue weighted by molar-refractivity contribution is 5.48. The van der Waals surface area contributed by atoms with Crippen molar-refractivity contribution in [3.63, 3.8) is 0 Å². The van der Waals surface area contributed by atoms with Gasteiger partial charge in [-0.1, -0.05) is 19.1 Å². The normalized spacial score (nSPS) is 23.6. The molecule has 0 unspecified atom stereocenters. The monoisotopic (exact) mass is 262 g/mol. The minimum absolute atomic E-state index is 0.314. The van der Waals surface area contributed by atoms with Gasteiger partial charge in [0, 0.05) is 25.3 Å². The number of hydrogen-bond donors (Lipinski definition) is 1. The second kappa shape index (κ2) is 6.92. The Morgan fingerprint density at radius 1 is 1.16 bits per heavy atom. The van der Waals surface area contributed by atoms with Gasteiger partial charge in [-0.15, -0.1) is 0 Å². The molecule has 2 atom stereocenters. The number of ether oxygens (including phenoxy) is 1. The lowest BCUT2D eigenvalue weighted by Gasteiger charge is -2.36. The molecule has 1 saturated heterocycles. The SMILES string of the molecule is CCCNCc1ccc(N2C[C@@H](C)O[C@@H](C)C2)cc1. The van der Waals surface area contributed by atoms with Crippen molar-refractivity contribution in [2.75, 3.05) is 24.5 Å². The van der Waals surface area contributed by atoms with E-state index in [0.29, 0.717) is 12.2 Å². The molecule has 1 aromatic rings. The minimum atomic E-state index is 0.314. The van der Waals surface area contributed by atoms with E-state index < -0.39 is 0 Å². The third kappa shape index (κ3) is 4.22. The molecular formula is C16H26N2O. The molecule has 1 aliphatic heterocycles. The maximum atomic E-state index is 5.78. The van der Waals surface area contributed by atoms with Crippen molar-refractivity contribution in [3.8, 4) is 0 Å². The fraction of sp³-hybridized carbons (Fsp3) is 0.625. The molecule has 1 aliphatic rings. The van der Waals surface area contributed by atoms with Gasteiger partial charge in [0.1, 0.15) is 0 Å². The summed E-state index contributed by atoms with van der Waals surface area (Å²) < 4.78 is 5.78. The molecule has 2 rings (SSSR count). The topological polar surface area (TPSA) is 24.5 Å². The molecular weight excluding hydrogens is 236 g/mol. The van der Waals surface area contributed by atoms with Crippen LogP contribution in [0.25, 0.3) is 0 Å². The highest BCUT2D eigenvalue weighted by Gasteiger charge is 2.22. The van der Waals surface area contributed by atoms with Crippen molar-refractivity contribution in [1.29, 1.82) is 0 Å². The van der Waals surface area contributed by atoms with Crippen molar-refractivity contribution in [1.82, 2.24) is 5.32 Å². The Hall–Kier alpha value is -1.06. The first-order chi connectivity index (χ1) is 9.19. The van der Waals surface area contributed by atoms with Crippen LogP contribution in [0.15, 0.2) is 24.3 Å². The molecule has 0 radical (unpaired) electrons. The van der Waals surface area contributed by atoms with Crippen LogP contribution in [0.3, 0.4) is 0 Å². The summed E-state index contributed by atoms with van der Waals surface area (Å²) in [6, 6.07) is 8.91. The van der Waals surface area contributed by atoms with Gasteiger partial charge in [0.05, 0.1) is 12.2 Å². The summed E-state index contributed by atoms with van der Waals surface area (Å²) in [5.74, 6) is 0. The lowest BCUT2D eigenvalue weighted by Crippen LogP contribution is -2.45. The van der Waals surface area contributed by atoms with Crippen molar-refractivity contribution in [3.05, 3.63) is 29.8 Å². The van der Waals surface area contributed by atoms with Gasteiger partial charge >= 0.3 is 0 Å². The highest BCUT2D eigenvalue weighted by Crippen LogP contribution is 2.20. The van der Waals surface area contributed by atoms with Crippen LogP contribution in [-0.4, -0.2) is 31.8 Å². The molecule has 1 heterocycles. The third-order valence-electron chi connectivity index (χ3n) is 3.48. The lowest BCUT2D eigenvalue weighted by atomic mass is 10.1. The third-order valence-corrected chi connectivity index (χ3v) is 3.48. The molecule has 0 spiro atoms. The molecule has 1 aromatic carbocycles. The van der Waals surface area contributed by atoms with Gasteiger partial charge in [0.2, 0.25) is 0 Å². The Bertz CT molecular complexity index is 367. The summed E-state index contributed by atoms with van der Waals surface area (Å²) in [4.78, 5) is 2.42. The summed E-state index contributed by atoms with van der Waals surface area (Å²) in [6.45, 7) is 10.5. The van der Waals surface area contributed by atoms with Crippen LogP contribution in [0, 0.1) is 0 Å². The van der Waals surface area contributed by atoms with Crippen LogP contribution in [-0.2, 0) is 11.3 Å². The van der Waals surface area contributed by atoms with Crippen LogP contribution in [0.1, 0.15) is 32.8 Å². The zero-order chi connectivity index (χ0) is 13.7. The van der Waals surface area contributed by atoms with Crippen molar-refractivity contribution in [2.45, 2.75) is 45.9 Å². The largest absolute Gasteiger partial charge is 0.372 e. The first-order valence-corrected chi connectivity index (χ1v) is 7.39. The quantitative estimate of drug-likeness (QED) is 0.826. The van der Waals surface area contributed by atoms with Crippen LogP contribution < -0.4 is 10.2 Å². The highest BCUT2D eigenvalue weighted by atomic mass is 16.5. The molecule has 1 N–H and O–H groups in total. The Morgan fingerprint density at radius 2 is 1.79 bits per heavy atom. The van der Waals surface area contributed by atoms with Gasteiger partial charge in [-0.05, 0) is 44.5 Å².